The Morgan fingerprint density at radius 2 is 1.94 bits per heavy atom. The molecule has 2 aromatic carbocycles. The van der Waals surface area contributed by atoms with Crippen molar-refractivity contribution in [3.8, 4) is 11.5 Å². The van der Waals surface area contributed by atoms with Gasteiger partial charge in [0, 0.05) is 17.0 Å². The van der Waals surface area contributed by atoms with Crippen LogP contribution < -0.4 is 14.8 Å². The van der Waals surface area contributed by atoms with Crippen molar-refractivity contribution >= 4 is 34.3 Å². The van der Waals surface area contributed by atoms with Gasteiger partial charge in [0.05, 0.1) is 6.04 Å². The Labute approximate surface area is 199 Å². The number of ketones is 1. The van der Waals surface area contributed by atoms with Crippen LogP contribution in [0.1, 0.15) is 28.6 Å². The molecule has 1 saturated heterocycles. The highest BCUT2D eigenvalue weighted by Crippen LogP contribution is 2.36. The Hall–Kier alpha value is -3.14. The molecule has 8 nitrogen and oxygen atoms in total. The molecular weight excluding hydrogens is 467 g/mol. The van der Waals surface area contributed by atoms with Crippen molar-refractivity contribution in [3.63, 3.8) is 0 Å². The van der Waals surface area contributed by atoms with Gasteiger partial charge in [-0.05, 0) is 61.5 Å². The number of halogens is 2. The Bertz CT molecular complexity index is 1260. The van der Waals surface area contributed by atoms with Crippen molar-refractivity contribution in [3.05, 3.63) is 58.6 Å². The number of carbonyl (C=O) groups is 2. The molecule has 34 heavy (non-hydrogen) atoms. The van der Waals surface area contributed by atoms with E-state index in [9.17, 15) is 19.1 Å². The number of likely N-dealkylation sites (tertiary alicyclic amines) is 1. The highest BCUT2D eigenvalue weighted by atomic mass is 35.5. The lowest BCUT2D eigenvalue weighted by Gasteiger charge is -2.36. The van der Waals surface area contributed by atoms with E-state index in [1.807, 2.05) is 4.90 Å². The summed E-state index contributed by atoms with van der Waals surface area (Å²) in [6.07, 6.45) is -0.298. The Balaban J connectivity index is 1.37. The highest BCUT2D eigenvalue weighted by Gasteiger charge is 2.32. The summed E-state index contributed by atoms with van der Waals surface area (Å²) < 4.78 is 30.8. The van der Waals surface area contributed by atoms with Gasteiger partial charge in [-0.25, -0.2) is 4.39 Å². The van der Waals surface area contributed by atoms with E-state index >= 15 is 0 Å². The normalized spacial score (nSPS) is 17.1. The van der Waals surface area contributed by atoms with Gasteiger partial charge in [0.2, 0.25) is 0 Å². The largest absolute Gasteiger partial charge is 0.486 e. The second kappa shape index (κ2) is 9.25. The second-order valence-corrected chi connectivity index (χ2v) is 8.76. The molecule has 5 rings (SSSR count). The zero-order chi connectivity index (χ0) is 23.8. The molecule has 0 aliphatic carbocycles. The summed E-state index contributed by atoms with van der Waals surface area (Å²) in [5.41, 5.74) is 0.628. The van der Waals surface area contributed by atoms with Gasteiger partial charge in [-0.15, -0.1) is 0 Å². The van der Waals surface area contributed by atoms with Crippen LogP contribution in [-0.2, 0) is 4.79 Å². The zero-order valence-corrected chi connectivity index (χ0v) is 18.8. The average Bonchev–Trinajstić information content (AvgIpc) is 3.22. The third kappa shape index (κ3) is 4.46. The lowest BCUT2D eigenvalue weighted by atomic mass is 9.99. The Morgan fingerprint density at radius 3 is 2.71 bits per heavy atom. The number of benzene rings is 2. The van der Waals surface area contributed by atoms with Crippen LogP contribution in [0.2, 0.25) is 5.02 Å². The average molecular weight is 489 g/mol. The summed E-state index contributed by atoms with van der Waals surface area (Å²) in [5, 5.41) is 14.7. The first-order valence-corrected chi connectivity index (χ1v) is 11.3. The second-order valence-electron chi connectivity index (χ2n) is 8.33. The number of ether oxygens (including phenoxy) is 2. The van der Waals surface area contributed by atoms with Gasteiger partial charge in [0.25, 0.3) is 11.7 Å². The number of nitrogens with zero attached hydrogens (tertiary/aromatic N) is 1. The van der Waals surface area contributed by atoms with Crippen LogP contribution in [0, 0.1) is 5.82 Å². The van der Waals surface area contributed by atoms with Crippen molar-refractivity contribution in [2.45, 2.75) is 18.6 Å². The quantitative estimate of drug-likeness (QED) is 0.389. The number of hydrogen-bond donors (Lipinski definition) is 2. The molecule has 3 aromatic rings. The minimum absolute atomic E-state index is 0.00862. The molecule has 1 aromatic heterocycles. The topological polar surface area (TPSA) is 101 Å². The minimum Gasteiger partial charge on any atom is -0.486 e. The zero-order valence-electron chi connectivity index (χ0n) is 18.1. The van der Waals surface area contributed by atoms with E-state index in [1.54, 1.807) is 18.2 Å². The van der Waals surface area contributed by atoms with Crippen LogP contribution in [0.25, 0.3) is 11.0 Å². The van der Waals surface area contributed by atoms with Crippen LogP contribution in [-0.4, -0.2) is 60.6 Å². The molecule has 2 atom stereocenters. The molecule has 1 amide bonds. The van der Waals surface area contributed by atoms with E-state index in [1.165, 1.54) is 12.1 Å². The first kappa shape index (κ1) is 22.6. The van der Waals surface area contributed by atoms with Crippen molar-refractivity contribution in [1.29, 1.82) is 0 Å². The molecule has 0 saturated carbocycles. The molecule has 0 bridgehead atoms. The van der Waals surface area contributed by atoms with Crippen molar-refractivity contribution in [2.24, 2.45) is 0 Å². The maximum Gasteiger partial charge on any atom is 0.296 e. The van der Waals surface area contributed by atoms with E-state index in [2.05, 4.69) is 5.32 Å². The van der Waals surface area contributed by atoms with Crippen molar-refractivity contribution in [2.75, 3.05) is 32.8 Å². The summed E-state index contributed by atoms with van der Waals surface area (Å²) in [7, 11) is 0. The fourth-order valence-electron chi connectivity index (χ4n) is 4.07. The summed E-state index contributed by atoms with van der Waals surface area (Å²) >= 11 is 5.97. The Morgan fingerprint density at radius 1 is 1.15 bits per heavy atom. The van der Waals surface area contributed by atoms with E-state index in [0.29, 0.717) is 16.0 Å². The van der Waals surface area contributed by atoms with Crippen LogP contribution in [0.3, 0.4) is 0 Å². The smallest absolute Gasteiger partial charge is 0.296 e. The Kier molecular flexibility index (Phi) is 6.16. The minimum atomic E-state index is -1.29. The van der Waals surface area contributed by atoms with Gasteiger partial charge in [-0.1, -0.05) is 11.6 Å². The summed E-state index contributed by atoms with van der Waals surface area (Å²) in [5.74, 6) is -2.46. The lowest BCUT2D eigenvalue weighted by Crippen LogP contribution is -2.52. The number of carbonyl (C=O) groups excluding carboxylic acids is 2. The van der Waals surface area contributed by atoms with Gasteiger partial charge < -0.3 is 29.2 Å². The van der Waals surface area contributed by atoms with Gasteiger partial charge in [0.1, 0.15) is 24.9 Å². The number of aliphatic hydroxyl groups excluding tert-OH is 1. The molecule has 2 aliphatic rings. The number of rotatable bonds is 7. The molecule has 1 fully saturated rings. The van der Waals surface area contributed by atoms with Crippen LogP contribution in [0.5, 0.6) is 11.5 Å². The van der Waals surface area contributed by atoms with E-state index in [4.69, 9.17) is 25.5 Å². The van der Waals surface area contributed by atoms with E-state index in [-0.39, 0.29) is 42.6 Å². The van der Waals surface area contributed by atoms with Crippen LogP contribution in [0.4, 0.5) is 4.39 Å². The molecule has 2 unspecified atom stereocenters. The molecule has 2 aliphatic heterocycles. The first-order valence-electron chi connectivity index (χ1n) is 10.9. The highest BCUT2D eigenvalue weighted by molar-refractivity contribution is 6.42. The molecule has 0 spiro atoms. The molecule has 10 heteroatoms. The lowest BCUT2D eigenvalue weighted by molar-refractivity contribution is -0.119. The van der Waals surface area contributed by atoms with Gasteiger partial charge >= 0.3 is 0 Å². The van der Waals surface area contributed by atoms with Crippen molar-refractivity contribution < 1.29 is 33.0 Å². The molecule has 178 valence electrons. The van der Waals surface area contributed by atoms with Gasteiger partial charge in [0.15, 0.2) is 23.1 Å². The molecule has 3 heterocycles. The van der Waals surface area contributed by atoms with E-state index in [0.717, 1.165) is 25.6 Å². The third-order valence-electron chi connectivity index (χ3n) is 5.97. The number of nitrogens with one attached hydrogen (secondary N) is 1. The molecule has 0 radical (unpaired) electrons. The number of amides is 1. The third-order valence-corrected chi connectivity index (χ3v) is 6.21. The number of hydrogen-bond acceptors (Lipinski definition) is 7. The van der Waals surface area contributed by atoms with E-state index < -0.39 is 29.7 Å². The number of Topliss-reactive ketones (excluding diaryl/α,β-unsaturated/α-hetero) is 1. The van der Waals surface area contributed by atoms with Gasteiger partial charge in [-0.3, -0.25) is 9.59 Å². The van der Waals surface area contributed by atoms with Crippen molar-refractivity contribution in [1.82, 2.24) is 10.2 Å². The fraction of sp³-hybridized carbons (Fsp3) is 0.333. The van der Waals surface area contributed by atoms with Crippen LogP contribution in [0.15, 0.2) is 40.8 Å². The first-order chi connectivity index (χ1) is 16.4. The predicted octanol–water partition coefficient (Wildman–Crippen LogP) is 3.10. The summed E-state index contributed by atoms with van der Waals surface area (Å²) in [6, 6.07) is 8.06. The number of furan rings is 1. The van der Waals surface area contributed by atoms with Crippen LogP contribution >= 0.6 is 11.6 Å². The number of fused-ring (bicyclic) bond motifs is 2. The molecular formula is C24H22ClFN2O6. The fourth-order valence-corrected chi connectivity index (χ4v) is 4.25. The maximum atomic E-state index is 14.5. The molecule has 2 N–H and O–H groups in total. The predicted molar refractivity (Wildman–Crippen MR) is 121 cm³/mol. The monoisotopic (exact) mass is 488 g/mol. The maximum absolute atomic E-state index is 14.5. The SMILES string of the molecule is O=C(NC(CN1CCC1)C(O)c1cc(F)c2c(c1)OCCO2)C(=O)c1cc2cc(Cl)ccc2o1. The number of aliphatic hydroxyl groups is 1. The summed E-state index contributed by atoms with van der Waals surface area (Å²) in [4.78, 5) is 27.6. The standard InChI is InChI=1S/C24H22ClFN2O6/c25-15-2-3-18-13(8-15)10-19(34-18)22(30)24(31)27-17(12-28-4-1-5-28)21(29)14-9-16(26)23-20(11-14)32-6-7-33-23/h2-3,8-11,17,21,29H,1,4-7,12H2,(H,27,31). The summed E-state index contributed by atoms with van der Waals surface area (Å²) in [6.45, 7) is 2.37. The van der Waals surface area contributed by atoms with Gasteiger partial charge in [-0.2, -0.15) is 0 Å².